The van der Waals surface area contributed by atoms with Gasteiger partial charge in [-0.15, -0.1) is 48.1 Å². The van der Waals surface area contributed by atoms with Gasteiger partial charge in [0.05, 0.1) is 11.9 Å². The molecule has 0 atom stereocenters. The zero-order valence-electron chi connectivity index (χ0n) is 28.9. The Balaban J connectivity index is 0.00000392. The second-order valence-electron chi connectivity index (χ2n) is 14.5. The minimum absolute atomic E-state index is 0. The van der Waals surface area contributed by atoms with E-state index in [1.54, 1.807) is 6.20 Å². The second kappa shape index (κ2) is 12.7. The first-order chi connectivity index (χ1) is 23.5. The number of benzene rings is 3. The number of nitrogens with zero attached hydrogens (tertiary/aromatic N) is 6. The van der Waals surface area contributed by atoms with Gasteiger partial charge in [0.1, 0.15) is 11.6 Å². The summed E-state index contributed by atoms with van der Waals surface area (Å²) < 4.78 is 8.66. The van der Waals surface area contributed by atoms with Crippen LogP contribution in [0.15, 0.2) is 110 Å². The van der Waals surface area contributed by atoms with Crippen LogP contribution < -0.4 is 14.5 Å². The van der Waals surface area contributed by atoms with E-state index >= 15 is 0 Å². The molecule has 0 saturated carbocycles. The number of anilines is 4. The van der Waals surface area contributed by atoms with Crippen LogP contribution in [0.2, 0.25) is 0 Å². The molecule has 0 spiro atoms. The summed E-state index contributed by atoms with van der Waals surface area (Å²) in [5, 5.41) is 2.23. The number of para-hydroxylation sites is 1. The number of hydrogen-bond donors (Lipinski definition) is 0. The molecule has 0 unspecified atom stereocenters. The van der Waals surface area contributed by atoms with Crippen molar-refractivity contribution in [2.75, 3.05) is 9.80 Å². The van der Waals surface area contributed by atoms with E-state index in [2.05, 4.69) is 128 Å². The Morgan fingerprint density at radius 1 is 0.640 bits per heavy atom. The topological polar surface area (TPSA) is 59.3 Å². The monoisotopic (exact) mass is 836 g/mol. The first kappa shape index (κ1) is 33.5. The summed E-state index contributed by atoms with van der Waals surface area (Å²) in [4.78, 5) is 18.1. The molecule has 1 aliphatic heterocycles. The molecule has 7 aromatic rings. The predicted octanol–water partition coefficient (Wildman–Crippen LogP) is 10.4. The Morgan fingerprint density at radius 2 is 1.34 bits per heavy atom. The van der Waals surface area contributed by atoms with Crippen molar-refractivity contribution in [3.63, 3.8) is 0 Å². The number of aromatic nitrogens is 4. The fraction of sp³-hybridized carbons (Fsp3) is 0.190. The number of ether oxygens (including phenoxy) is 1. The maximum Gasteiger partial charge on any atom is 0.135 e. The van der Waals surface area contributed by atoms with Crippen LogP contribution in [0, 0.1) is 18.8 Å². The van der Waals surface area contributed by atoms with Gasteiger partial charge in [-0.25, -0.2) is 9.97 Å². The Labute approximate surface area is 307 Å². The number of hydrogen-bond acceptors (Lipinski definition) is 6. The zero-order chi connectivity index (χ0) is 33.9. The van der Waals surface area contributed by atoms with Crippen LogP contribution in [0.4, 0.5) is 22.9 Å². The Morgan fingerprint density at radius 3 is 2.10 bits per heavy atom. The van der Waals surface area contributed by atoms with E-state index in [0.29, 0.717) is 11.5 Å². The van der Waals surface area contributed by atoms with Gasteiger partial charge in [-0.2, -0.15) is 12.1 Å². The van der Waals surface area contributed by atoms with E-state index < -0.39 is 0 Å². The minimum atomic E-state index is -0.0108. The molecule has 0 N–H and O–H groups in total. The van der Waals surface area contributed by atoms with Crippen LogP contribution in [0.1, 0.15) is 52.7 Å². The predicted molar refractivity (Wildman–Crippen MR) is 197 cm³/mol. The van der Waals surface area contributed by atoms with Crippen LogP contribution in [-0.4, -0.2) is 19.5 Å². The molecule has 3 aromatic carbocycles. The van der Waals surface area contributed by atoms with E-state index in [0.717, 1.165) is 50.5 Å². The van der Waals surface area contributed by atoms with Crippen LogP contribution in [0.5, 0.6) is 11.5 Å². The molecule has 50 heavy (non-hydrogen) atoms. The first-order valence-electron chi connectivity index (χ1n) is 16.5. The van der Waals surface area contributed by atoms with Crippen molar-refractivity contribution < 1.29 is 25.8 Å². The van der Waals surface area contributed by atoms with E-state index in [1.165, 1.54) is 11.1 Å². The van der Waals surface area contributed by atoms with Crippen LogP contribution >= 0.6 is 0 Å². The Hall–Kier alpha value is -5.00. The molecule has 254 valence electrons. The molecule has 8 heteroatoms. The summed E-state index contributed by atoms with van der Waals surface area (Å²) >= 11 is 0. The molecule has 0 radical (unpaired) electrons. The normalized spacial score (nSPS) is 13.1. The molecule has 7 nitrogen and oxygen atoms in total. The van der Waals surface area contributed by atoms with Crippen LogP contribution in [0.25, 0.3) is 27.6 Å². The number of fused-ring (bicyclic) bond motifs is 4. The largest absolute Gasteiger partial charge is 0.509 e. The third-order valence-corrected chi connectivity index (χ3v) is 9.02. The molecule has 0 amide bonds. The molecule has 1 aliphatic rings. The average molecular weight is 837 g/mol. The molecule has 4 aromatic heterocycles. The van der Waals surface area contributed by atoms with Crippen molar-refractivity contribution in [2.45, 2.75) is 52.4 Å². The van der Waals surface area contributed by atoms with Crippen LogP contribution in [0.3, 0.4) is 0 Å². The standard InChI is InChI=1S/C42H37N6O.Pt/c1-41(2,3)28-16-20-44-39(22-28)47-27-46(36-18-19-43-26-38(36)47)30-10-9-11-31(24-30)49-32-14-15-34-33-12-7-8-13-35(33)48(37(34)25-32)40-23-29(17-21-45-40)42(4,5)6;/h7-23,26-27H,1-6H3;/q-3;. The number of rotatable bonds is 5. The maximum atomic E-state index is 6.48. The summed E-state index contributed by atoms with van der Waals surface area (Å²) in [5.41, 5.74) is 7.14. The molecular weight excluding hydrogens is 800 g/mol. The molecule has 0 bridgehead atoms. The fourth-order valence-electron chi connectivity index (χ4n) is 6.33. The van der Waals surface area contributed by atoms with E-state index in [4.69, 9.17) is 14.7 Å². The summed E-state index contributed by atoms with van der Waals surface area (Å²) in [6.07, 6.45) is 7.43. The van der Waals surface area contributed by atoms with Crippen molar-refractivity contribution in [2.24, 2.45) is 0 Å². The van der Waals surface area contributed by atoms with Gasteiger partial charge in [0.15, 0.2) is 0 Å². The molecule has 0 aliphatic carbocycles. The zero-order valence-corrected chi connectivity index (χ0v) is 31.1. The molecule has 5 heterocycles. The quantitative estimate of drug-likeness (QED) is 0.161. The third kappa shape index (κ3) is 6.05. The van der Waals surface area contributed by atoms with Gasteiger partial charge < -0.3 is 19.1 Å². The molecule has 8 rings (SSSR count). The summed E-state index contributed by atoms with van der Waals surface area (Å²) in [7, 11) is 0. The Kier molecular flexibility index (Phi) is 8.51. The molecule has 0 saturated heterocycles. The van der Waals surface area contributed by atoms with Crippen LogP contribution in [-0.2, 0) is 31.9 Å². The number of pyridine rings is 3. The van der Waals surface area contributed by atoms with Gasteiger partial charge in [-0.3, -0.25) is 4.98 Å². The Bertz CT molecular complexity index is 2350. The molecule has 0 fully saturated rings. The van der Waals surface area contributed by atoms with Gasteiger partial charge >= 0.3 is 0 Å². The van der Waals surface area contributed by atoms with E-state index in [-0.39, 0.29) is 31.9 Å². The third-order valence-electron chi connectivity index (χ3n) is 9.02. The summed E-state index contributed by atoms with van der Waals surface area (Å²) in [6, 6.07) is 35.9. The minimum Gasteiger partial charge on any atom is -0.509 e. The first-order valence-corrected chi connectivity index (χ1v) is 16.5. The second-order valence-corrected chi connectivity index (χ2v) is 14.5. The van der Waals surface area contributed by atoms with Gasteiger partial charge in [0.25, 0.3) is 0 Å². The van der Waals surface area contributed by atoms with Gasteiger partial charge in [0.2, 0.25) is 0 Å². The molecular formula is C42H37N6OPt-3. The maximum absolute atomic E-state index is 6.48. The van der Waals surface area contributed by atoms with Gasteiger partial charge in [-0.05, 0) is 63.7 Å². The van der Waals surface area contributed by atoms with Crippen molar-refractivity contribution in [1.82, 2.24) is 19.5 Å². The van der Waals surface area contributed by atoms with Gasteiger partial charge in [-0.1, -0.05) is 65.3 Å². The van der Waals surface area contributed by atoms with Crippen molar-refractivity contribution in [3.05, 3.63) is 140 Å². The van der Waals surface area contributed by atoms with Crippen molar-refractivity contribution in [1.29, 1.82) is 0 Å². The van der Waals surface area contributed by atoms with Crippen molar-refractivity contribution >= 4 is 44.7 Å². The smallest absolute Gasteiger partial charge is 0.135 e. The average Bonchev–Trinajstić information content (AvgIpc) is 3.64. The van der Waals surface area contributed by atoms with Crippen molar-refractivity contribution in [3.8, 4) is 17.3 Å². The van der Waals surface area contributed by atoms with Gasteiger partial charge in [0, 0.05) is 62.4 Å². The summed E-state index contributed by atoms with van der Waals surface area (Å²) in [5.74, 6) is 2.86. The fourth-order valence-corrected chi connectivity index (χ4v) is 6.33. The summed E-state index contributed by atoms with van der Waals surface area (Å²) in [6.45, 7) is 15.3. The van der Waals surface area contributed by atoms with E-state index in [9.17, 15) is 0 Å². The van der Waals surface area contributed by atoms with E-state index in [1.807, 2.05) is 55.6 Å². The SMILES string of the molecule is CC(C)(C)c1ccnc(N2[CH-]N(c3[c-]c(Oc4[c-]c5c(cc4)c4ccccc4n5-c4cc(C(C)(C)C)ccn4)ccc3)c3ccncc32)c1.[Pt].